The zero-order chi connectivity index (χ0) is 21.1. The summed E-state index contributed by atoms with van der Waals surface area (Å²) in [6.45, 7) is 0.322. The van der Waals surface area contributed by atoms with Crippen LogP contribution in [-0.4, -0.2) is 77.2 Å². The number of hydrogen-bond donors (Lipinski definition) is 1. The maximum Gasteiger partial charge on any atom is 0.249 e. The molecule has 7 nitrogen and oxygen atoms in total. The number of aromatic nitrogens is 1. The molecule has 2 aliphatic heterocycles. The number of aliphatic hydroxyl groups is 1. The number of pyridine rings is 1. The largest absolute Gasteiger partial charge is 0.394 e. The molecule has 7 heteroatoms. The fourth-order valence-electron chi connectivity index (χ4n) is 4.27. The van der Waals surface area contributed by atoms with Gasteiger partial charge in [0.25, 0.3) is 0 Å². The number of carbonyl (C=O) groups excluding carboxylic acids is 2. The van der Waals surface area contributed by atoms with Gasteiger partial charge in [0.15, 0.2) is 0 Å². The smallest absolute Gasteiger partial charge is 0.249 e. The van der Waals surface area contributed by atoms with E-state index >= 15 is 0 Å². The van der Waals surface area contributed by atoms with E-state index in [9.17, 15) is 14.7 Å². The highest BCUT2D eigenvalue weighted by atomic mass is 16.5. The van der Waals surface area contributed by atoms with Gasteiger partial charge in [-0.3, -0.25) is 14.6 Å². The molecular weight excluding hydrogens is 382 g/mol. The second-order valence-corrected chi connectivity index (χ2v) is 7.47. The van der Waals surface area contributed by atoms with E-state index in [-0.39, 0.29) is 49.6 Å². The maximum absolute atomic E-state index is 12.6. The van der Waals surface area contributed by atoms with Crippen molar-refractivity contribution in [3.63, 3.8) is 0 Å². The van der Waals surface area contributed by atoms with Crippen LogP contribution in [0.5, 0.6) is 0 Å². The maximum atomic E-state index is 12.6. The van der Waals surface area contributed by atoms with Crippen molar-refractivity contribution in [1.82, 2.24) is 14.8 Å². The Morgan fingerprint density at radius 1 is 1.23 bits per heavy atom. The number of rotatable bonds is 4. The number of aliphatic hydroxyl groups excluding tert-OH is 1. The number of piperazine rings is 1. The third kappa shape index (κ3) is 3.80. The molecule has 0 unspecified atom stereocenters. The molecule has 2 fully saturated rings. The Morgan fingerprint density at radius 3 is 2.67 bits per heavy atom. The molecule has 0 bridgehead atoms. The third-order valence-electron chi connectivity index (χ3n) is 5.68. The van der Waals surface area contributed by atoms with Crippen LogP contribution >= 0.6 is 0 Å². The van der Waals surface area contributed by atoms with Gasteiger partial charge in [-0.2, -0.15) is 0 Å². The number of amides is 2. The highest BCUT2D eigenvalue weighted by Gasteiger charge is 2.54. The van der Waals surface area contributed by atoms with Gasteiger partial charge in [0.2, 0.25) is 11.8 Å². The average Bonchev–Trinajstić information content (AvgIpc) is 2.75. The lowest BCUT2D eigenvalue weighted by Crippen LogP contribution is -2.73. The number of fused-ring (bicyclic) bond motifs is 1. The second kappa shape index (κ2) is 8.66. The topological polar surface area (TPSA) is 83.0 Å². The highest BCUT2D eigenvalue weighted by molar-refractivity contribution is 5.88. The first kappa shape index (κ1) is 20.1. The molecule has 1 aromatic carbocycles. The Hall–Kier alpha value is -3.21. The fraction of sp³-hybridized carbons (Fsp3) is 0.348. The summed E-state index contributed by atoms with van der Waals surface area (Å²) in [7, 11) is 1.46. The number of benzene rings is 1. The van der Waals surface area contributed by atoms with Gasteiger partial charge in [-0.15, -0.1) is 0 Å². The van der Waals surface area contributed by atoms with Gasteiger partial charge >= 0.3 is 0 Å². The zero-order valence-electron chi connectivity index (χ0n) is 16.7. The van der Waals surface area contributed by atoms with E-state index in [1.807, 2.05) is 36.4 Å². The van der Waals surface area contributed by atoms with Crippen LogP contribution in [0.2, 0.25) is 0 Å². The molecule has 0 spiro atoms. The average molecular weight is 405 g/mol. The van der Waals surface area contributed by atoms with E-state index in [0.717, 1.165) is 16.7 Å². The van der Waals surface area contributed by atoms with Crippen molar-refractivity contribution in [2.75, 3.05) is 33.4 Å². The van der Waals surface area contributed by atoms with E-state index in [4.69, 9.17) is 4.74 Å². The van der Waals surface area contributed by atoms with Crippen molar-refractivity contribution in [2.45, 2.75) is 18.0 Å². The highest BCUT2D eigenvalue weighted by Crippen LogP contribution is 2.42. The van der Waals surface area contributed by atoms with Gasteiger partial charge in [-0.25, -0.2) is 0 Å². The Labute approximate surface area is 175 Å². The van der Waals surface area contributed by atoms with E-state index in [1.165, 1.54) is 7.11 Å². The van der Waals surface area contributed by atoms with E-state index < -0.39 is 0 Å². The van der Waals surface area contributed by atoms with E-state index in [1.54, 1.807) is 22.2 Å². The third-order valence-corrected chi connectivity index (χ3v) is 5.68. The molecule has 30 heavy (non-hydrogen) atoms. The van der Waals surface area contributed by atoms with Gasteiger partial charge in [-0.1, -0.05) is 24.0 Å². The van der Waals surface area contributed by atoms with Crippen LogP contribution in [0.3, 0.4) is 0 Å². The van der Waals surface area contributed by atoms with Crippen LogP contribution in [0.15, 0.2) is 48.8 Å². The Morgan fingerprint density at radius 2 is 2.00 bits per heavy atom. The van der Waals surface area contributed by atoms with Crippen LogP contribution in [0.1, 0.15) is 22.6 Å². The van der Waals surface area contributed by atoms with Gasteiger partial charge in [0.1, 0.15) is 6.61 Å². The van der Waals surface area contributed by atoms with Gasteiger partial charge in [0.05, 0.1) is 25.2 Å². The number of methoxy groups -OCH3 is 1. The van der Waals surface area contributed by atoms with E-state index in [2.05, 4.69) is 16.8 Å². The molecule has 2 aliphatic rings. The Kier molecular flexibility index (Phi) is 5.79. The van der Waals surface area contributed by atoms with Crippen molar-refractivity contribution in [3.8, 4) is 11.8 Å². The van der Waals surface area contributed by atoms with Crippen molar-refractivity contribution in [1.29, 1.82) is 0 Å². The van der Waals surface area contributed by atoms with E-state index in [0.29, 0.717) is 6.54 Å². The normalized spacial score (nSPS) is 22.6. The zero-order valence-corrected chi connectivity index (χ0v) is 16.7. The first-order valence-corrected chi connectivity index (χ1v) is 9.83. The summed E-state index contributed by atoms with van der Waals surface area (Å²) in [6.07, 6.45) is 3.42. The standard InChI is InChI=1S/C23H23N3O4/c1-30-15-22(29)25-12-19-23(20(14-27)26(19)21(28)13-25)18-8-6-16(7-9-18)4-5-17-3-2-10-24-11-17/h2-3,6-11,19-20,23,27H,12-15H2,1H3/t19-,20+,23+/m1/s1. The molecule has 154 valence electrons. The SMILES string of the molecule is COCC(=O)N1CC(=O)N2[C@H](C1)[C@H](c1ccc(C#Cc3cccnc3)cc1)[C@@H]2CO. The van der Waals surface area contributed by atoms with Gasteiger partial charge in [0, 0.05) is 43.1 Å². The van der Waals surface area contributed by atoms with Crippen molar-refractivity contribution < 1.29 is 19.4 Å². The summed E-state index contributed by atoms with van der Waals surface area (Å²) in [6, 6.07) is 11.2. The van der Waals surface area contributed by atoms with Crippen LogP contribution in [0.25, 0.3) is 0 Å². The molecule has 2 amide bonds. The van der Waals surface area contributed by atoms with Crippen LogP contribution in [0.4, 0.5) is 0 Å². The number of hydrogen-bond acceptors (Lipinski definition) is 5. The lowest BCUT2D eigenvalue weighted by Gasteiger charge is -2.58. The molecule has 3 heterocycles. The van der Waals surface area contributed by atoms with Crippen LogP contribution in [0, 0.1) is 11.8 Å². The predicted molar refractivity (Wildman–Crippen MR) is 109 cm³/mol. The molecule has 3 atom stereocenters. The summed E-state index contributed by atoms with van der Waals surface area (Å²) in [4.78, 5) is 32.1. The Bertz CT molecular complexity index is 981. The van der Waals surface area contributed by atoms with Crippen molar-refractivity contribution in [3.05, 3.63) is 65.5 Å². The van der Waals surface area contributed by atoms with Crippen molar-refractivity contribution >= 4 is 11.8 Å². The first-order chi connectivity index (χ1) is 14.6. The molecule has 0 aliphatic carbocycles. The molecule has 2 saturated heterocycles. The molecule has 1 aromatic heterocycles. The summed E-state index contributed by atoms with van der Waals surface area (Å²) in [5.74, 6) is 5.83. The quantitative estimate of drug-likeness (QED) is 0.755. The minimum absolute atomic E-state index is 0.0302. The lowest BCUT2D eigenvalue weighted by atomic mass is 9.73. The minimum Gasteiger partial charge on any atom is -0.394 e. The summed E-state index contributed by atoms with van der Waals surface area (Å²) >= 11 is 0. The molecule has 1 N–H and O–H groups in total. The summed E-state index contributed by atoms with van der Waals surface area (Å²) in [5.41, 5.74) is 2.74. The number of carbonyl (C=O) groups is 2. The van der Waals surface area contributed by atoms with Gasteiger partial charge < -0.3 is 19.6 Å². The molecular formula is C23H23N3O4. The molecule has 4 rings (SSSR count). The number of ether oxygens (including phenoxy) is 1. The second-order valence-electron chi connectivity index (χ2n) is 7.47. The number of nitrogens with zero attached hydrogens (tertiary/aromatic N) is 3. The molecule has 2 aromatic rings. The predicted octanol–water partition coefficient (Wildman–Crippen LogP) is 0.625. The lowest BCUT2D eigenvalue weighted by molar-refractivity contribution is -0.168. The van der Waals surface area contributed by atoms with Crippen LogP contribution < -0.4 is 0 Å². The summed E-state index contributed by atoms with van der Waals surface area (Å²) in [5, 5.41) is 9.88. The van der Waals surface area contributed by atoms with Gasteiger partial charge in [-0.05, 0) is 29.8 Å². The Balaban J connectivity index is 1.52. The van der Waals surface area contributed by atoms with Crippen molar-refractivity contribution in [2.24, 2.45) is 0 Å². The summed E-state index contributed by atoms with van der Waals surface area (Å²) < 4.78 is 4.92. The minimum atomic E-state index is -0.269. The molecule has 0 radical (unpaired) electrons. The van der Waals surface area contributed by atoms with Crippen LogP contribution in [-0.2, 0) is 14.3 Å². The molecule has 0 saturated carbocycles. The monoisotopic (exact) mass is 405 g/mol. The fourth-order valence-corrected chi connectivity index (χ4v) is 4.27. The first-order valence-electron chi connectivity index (χ1n) is 9.83.